The highest BCUT2D eigenvalue weighted by molar-refractivity contribution is 6.46. The Labute approximate surface area is 187 Å². The zero-order valence-corrected chi connectivity index (χ0v) is 18.4. The number of hydrogen-bond donors (Lipinski definition) is 0. The van der Waals surface area contributed by atoms with Gasteiger partial charge < -0.3 is 9.64 Å². The Morgan fingerprint density at radius 2 is 1.66 bits per heavy atom. The summed E-state index contributed by atoms with van der Waals surface area (Å²) in [6.45, 7) is 4.72. The van der Waals surface area contributed by atoms with Crippen LogP contribution in [0.3, 0.4) is 0 Å². The van der Waals surface area contributed by atoms with Crippen LogP contribution in [0, 0.1) is 13.8 Å². The maximum atomic E-state index is 13.8. The van der Waals surface area contributed by atoms with Crippen LogP contribution in [0.2, 0.25) is 0 Å². The number of benzene rings is 3. The maximum absolute atomic E-state index is 13.8. The number of amides is 2. The van der Waals surface area contributed by atoms with Gasteiger partial charge in [0.05, 0.1) is 18.4 Å². The van der Waals surface area contributed by atoms with E-state index in [1.54, 1.807) is 31.4 Å². The number of para-hydroxylation sites is 1. The van der Waals surface area contributed by atoms with Gasteiger partial charge in [-0.3, -0.25) is 9.59 Å². The van der Waals surface area contributed by atoms with Crippen LogP contribution in [0.15, 0.2) is 72.4 Å². The molecule has 160 valence electrons. The van der Waals surface area contributed by atoms with Crippen LogP contribution in [0.25, 0.3) is 5.57 Å². The molecule has 0 aliphatic carbocycles. The van der Waals surface area contributed by atoms with Gasteiger partial charge >= 0.3 is 0 Å². The van der Waals surface area contributed by atoms with E-state index in [2.05, 4.69) is 6.07 Å². The number of rotatable bonds is 4. The molecule has 0 bridgehead atoms. The third-order valence-electron chi connectivity index (χ3n) is 6.32. The molecule has 5 rings (SSSR count). The lowest BCUT2D eigenvalue weighted by Gasteiger charge is -2.22. The molecule has 5 heteroatoms. The first-order chi connectivity index (χ1) is 15.5. The van der Waals surface area contributed by atoms with Crippen LogP contribution in [-0.4, -0.2) is 25.5 Å². The van der Waals surface area contributed by atoms with Crippen LogP contribution in [0.5, 0.6) is 5.75 Å². The predicted molar refractivity (Wildman–Crippen MR) is 126 cm³/mol. The van der Waals surface area contributed by atoms with E-state index in [0.29, 0.717) is 29.3 Å². The number of carbonyl (C=O) groups excluding carboxylic acids is 2. The Bertz CT molecular complexity index is 1290. The molecule has 0 spiro atoms. The van der Waals surface area contributed by atoms with Gasteiger partial charge in [-0.2, -0.15) is 0 Å². The van der Waals surface area contributed by atoms with E-state index in [9.17, 15) is 9.59 Å². The van der Waals surface area contributed by atoms with Gasteiger partial charge in [-0.25, -0.2) is 4.90 Å². The first-order valence-corrected chi connectivity index (χ1v) is 10.7. The fourth-order valence-electron chi connectivity index (χ4n) is 4.48. The van der Waals surface area contributed by atoms with Crippen molar-refractivity contribution in [1.82, 2.24) is 0 Å². The second kappa shape index (κ2) is 7.68. The summed E-state index contributed by atoms with van der Waals surface area (Å²) in [7, 11) is 1.57. The van der Waals surface area contributed by atoms with E-state index in [0.717, 1.165) is 28.8 Å². The standard InChI is InChI=1S/C27H24N2O3/c1-17-11-12-20(15-18(17)2)24-25(28-14-13-19-7-4-5-10-23(19)28)27(31)29(26(24)30)21-8-6-9-22(16-21)32-3/h4-12,15-16H,13-14H2,1-3H3. The second-order valence-corrected chi connectivity index (χ2v) is 8.20. The van der Waals surface area contributed by atoms with Crippen LogP contribution < -0.4 is 14.5 Å². The average molecular weight is 425 g/mol. The average Bonchev–Trinajstić information content (AvgIpc) is 3.33. The van der Waals surface area contributed by atoms with Crippen molar-refractivity contribution < 1.29 is 14.3 Å². The molecule has 0 radical (unpaired) electrons. The highest BCUT2D eigenvalue weighted by Gasteiger charge is 2.44. The fraction of sp³-hybridized carbons (Fsp3) is 0.185. The fourth-order valence-corrected chi connectivity index (χ4v) is 4.48. The summed E-state index contributed by atoms with van der Waals surface area (Å²) in [4.78, 5) is 30.9. The van der Waals surface area contributed by atoms with Gasteiger partial charge in [0.15, 0.2) is 0 Å². The molecular weight excluding hydrogens is 400 g/mol. The normalized spacial score (nSPS) is 15.6. The molecule has 2 aliphatic heterocycles. The first-order valence-electron chi connectivity index (χ1n) is 10.7. The third kappa shape index (κ3) is 3.09. The predicted octanol–water partition coefficient (Wildman–Crippen LogP) is 4.66. The highest BCUT2D eigenvalue weighted by atomic mass is 16.5. The summed E-state index contributed by atoms with van der Waals surface area (Å²) < 4.78 is 5.33. The van der Waals surface area contributed by atoms with Crippen molar-refractivity contribution >= 4 is 28.8 Å². The van der Waals surface area contributed by atoms with Crippen molar-refractivity contribution in [2.75, 3.05) is 23.5 Å². The number of hydrogen-bond acceptors (Lipinski definition) is 4. The van der Waals surface area contributed by atoms with Gasteiger partial charge in [-0.1, -0.05) is 42.5 Å². The minimum atomic E-state index is -0.314. The summed E-state index contributed by atoms with van der Waals surface area (Å²) in [5, 5.41) is 0. The van der Waals surface area contributed by atoms with Crippen LogP contribution in [-0.2, 0) is 16.0 Å². The molecule has 0 aromatic heterocycles. The summed E-state index contributed by atoms with van der Waals surface area (Å²) in [5.41, 5.74) is 6.53. The lowest BCUT2D eigenvalue weighted by Crippen LogP contribution is -2.34. The SMILES string of the molecule is COc1cccc(N2C(=O)C(c3ccc(C)c(C)c3)=C(N3CCc4ccccc43)C2=O)c1. The molecule has 2 heterocycles. The minimum absolute atomic E-state index is 0.312. The highest BCUT2D eigenvalue weighted by Crippen LogP contribution is 2.40. The number of ether oxygens (including phenoxy) is 1. The molecule has 0 unspecified atom stereocenters. The minimum Gasteiger partial charge on any atom is -0.497 e. The van der Waals surface area contributed by atoms with Gasteiger partial charge in [0.2, 0.25) is 0 Å². The molecule has 2 aliphatic rings. The van der Waals surface area contributed by atoms with Crippen molar-refractivity contribution in [1.29, 1.82) is 0 Å². The number of fused-ring (bicyclic) bond motifs is 1. The summed E-state index contributed by atoms with van der Waals surface area (Å²) in [6.07, 6.45) is 0.834. The Kier molecular flexibility index (Phi) is 4.82. The third-order valence-corrected chi connectivity index (χ3v) is 6.32. The molecule has 0 N–H and O–H groups in total. The molecule has 3 aromatic rings. The van der Waals surface area contributed by atoms with Crippen molar-refractivity contribution in [2.45, 2.75) is 20.3 Å². The summed E-state index contributed by atoms with van der Waals surface area (Å²) in [6, 6.07) is 21.0. The Morgan fingerprint density at radius 1 is 0.844 bits per heavy atom. The van der Waals surface area contributed by atoms with Gasteiger partial charge in [0.1, 0.15) is 11.4 Å². The zero-order chi connectivity index (χ0) is 22.4. The summed E-state index contributed by atoms with van der Waals surface area (Å²) >= 11 is 0. The van der Waals surface area contributed by atoms with Crippen LogP contribution in [0.4, 0.5) is 11.4 Å². The van der Waals surface area contributed by atoms with E-state index in [1.807, 2.05) is 55.1 Å². The lowest BCUT2D eigenvalue weighted by molar-refractivity contribution is -0.120. The second-order valence-electron chi connectivity index (χ2n) is 8.20. The molecule has 2 amide bonds. The molecule has 32 heavy (non-hydrogen) atoms. The first kappa shape index (κ1) is 20.1. The van der Waals surface area contributed by atoms with Crippen molar-refractivity contribution in [3.05, 3.63) is 94.7 Å². The quantitative estimate of drug-likeness (QED) is 0.572. The number of methoxy groups -OCH3 is 1. The van der Waals surface area contributed by atoms with Crippen molar-refractivity contribution in [2.24, 2.45) is 0 Å². The molecule has 5 nitrogen and oxygen atoms in total. The molecule has 0 fully saturated rings. The number of carbonyl (C=O) groups is 2. The lowest BCUT2D eigenvalue weighted by atomic mass is 9.99. The topological polar surface area (TPSA) is 49.9 Å². The number of anilines is 2. The monoisotopic (exact) mass is 424 g/mol. The van der Waals surface area contributed by atoms with Crippen LogP contribution >= 0.6 is 0 Å². The Balaban J connectivity index is 1.69. The largest absolute Gasteiger partial charge is 0.497 e. The van der Waals surface area contributed by atoms with E-state index in [-0.39, 0.29) is 11.8 Å². The van der Waals surface area contributed by atoms with Gasteiger partial charge in [-0.15, -0.1) is 0 Å². The van der Waals surface area contributed by atoms with Gasteiger partial charge in [0, 0.05) is 18.3 Å². The van der Waals surface area contributed by atoms with Crippen molar-refractivity contribution in [3.8, 4) is 5.75 Å². The Hall–Kier alpha value is -3.86. The van der Waals surface area contributed by atoms with E-state index >= 15 is 0 Å². The van der Waals surface area contributed by atoms with Crippen LogP contribution in [0.1, 0.15) is 22.3 Å². The maximum Gasteiger partial charge on any atom is 0.282 e. The molecule has 0 saturated heterocycles. The van der Waals surface area contributed by atoms with Crippen molar-refractivity contribution in [3.63, 3.8) is 0 Å². The smallest absolute Gasteiger partial charge is 0.282 e. The molecule has 0 atom stereocenters. The van der Waals surface area contributed by atoms with E-state index < -0.39 is 0 Å². The van der Waals surface area contributed by atoms with E-state index in [4.69, 9.17) is 4.74 Å². The van der Waals surface area contributed by atoms with Gasteiger partial charge in [-0.05, 0) is 60.7 Å². The number of nitrogens with zero attached hydrogens (tertiary/aromatic N) is 2. The Morgan fingerprint density at radius 3 is 2.44 bits per heavy atom. The molecule has 0 saturated carbocycles. The number of aryl methyl sites for hydroxylation is 2. The van der Waals surface area contributed by atoms with E-state index in [1.165, 1.54) is 10.5 Å². The summed E-state index contributed by atoms with van der Waals surface area (Å²) in [5.74, 6) is -0.0325. The van der Waals surface area contributed by atoms with Gasteiger partial charge in [0.25, 0.3) is 11.8 Å². The zero-order valence-electron chi connectivity index (χ0n) is 18.4. The number of imide groups is 1. The molecular formula is C27H24N2O3. The molecule has 3 aromatic carbocycles.